The molecule has 0 heterocycles. The maximum absolute atomic E-state index is 11.1. The van der Waals surface area contributed by atoms with E-state index in [4.69, 9.17) is 5.26 Å². The highest BCUT2D eigenvalue weighted by molar-refractivity contribution is 5.77. The molecule has 0 unspecified atom stereocenters. The summed E-state index contributed by atoms with van der Waals surface area (Å²) in [5.74, 6) is -0.141. The van der Waals surface area contributed by atoms with Gasteiger partial charge in [0.2, 0.25) is 5.91 Å². The summed E-state index contributed by atoms with van der Waals surface area (Å²) in [5, 5.41) is 10.5. The summed E-state index contributed by atoms with van der Waals surface area (Å²) in [6.07, 6.45) is 23.5. The first-order chi connectivity index (χ1) is 11.3. The zero-order chi connectivity index (χ0) is 17.0. The van der Waals surface area contributed by atoms with E-state index in [0.29, 0.717) is 6.42 Å². The van der Waals surface area contributed by atoms with Gasteiger partial charge in [0.05, 0.1) is 0 Å². The van der Waals surface area contributed by atoms with Crippen molar-refractivity contribution in [3.05, 3.63) is 0 Å². The van der Waals surface area contributed by atoms with Crippen LogP contribution in [0.1, 0.15) is 116 Å². The van der Waals surface area contributed by atoms with Crippen molar-refractivity contribution in [2.24, 2.45) is 0 Å². The van der Waals surface area contributed by atoms with E-state index in [9.17, 15) is 4.79 Å². The minimum absolute atomic E-state index is 0.141. The molecule has 0 bridgehead atoms. The van der Waals surface area contributed by atoms with Crippen LogP contribution in [0.2, 0.25) is 0 Å². The first-order valence-electron chi connectivity index (χ1n) is 9.99. The molecule has 0 saturated carbocycles. The summed E-state index contributed by atoms with van der Waals surface area (Å²) in [4.78, 5) is 11.1. The van der Waals surface area contributed by atoms with Crippen LogP contribution >= 0.6 is 0 Å². The van der Waals surface area contributed by atoms with Crippen LogP contribution in [0, 0.1) is 11.5 Å². The Hall–Kier alpha value is -1.04. The van der Waals surface area contributed by atoms with E-state index in [1.807, 2.05) is 0 Å². The predicted octanol–water partition coefficient (Wildman–Crippen LogP) is 6.24. The summed E-state index contributed by atoms with van der Waals surface area (Å²) in [6.45, 7) is 2.27. The average molecular weight is 323 g/mol. The van der Waals surface area contributed by atoms with E-state index in [2.05, 4.69) is 12.2 Å². The third kappa shape index (κ3) is 18.9. The van der Waals surface area contributed by atoms with Crippen molar-refractivity contribution in [3.8, 4) is 6.19 Å². The summed E-state index contributed by atoms with van der Waals surface area (Å²) < 4.78 is 0. The van der Waals surface area contributed by atoms with Crippen molar-refractivity contribution in [2.75, 3.05) is 0 Å². The molecule has 0 radical (unpaired) electrons. The van der Waals surface area contributed by atoms with Crippen molar-refractivity contribution >= 4 is 5.91 Å². The molecule has 0 fully saturated rings. The van der Waals surface area contributed by atoms with Crippen LogP contribution in [0.3, 0.4) is 0 Å². The van der Waals surface area contributed by atoms with Crippen LogP contribution < -0.4 is 5.32 Å². The van der Waals surface area contributed by atoms with E-state index in [1.54, 1.807) is 6.19 Å². The Morgan fingerprint density at radius 1 is 0.696 bits per heavy atom. The van der Waals surface area contributed by atoms with E-state index in [-0.39, 0.29) is 5.91 Å². The van der Waals surface area contributed by atoms with Crippen molar-refractivity contribution in [3.63, 3.8) is 0 Å². The molecule has 3 nitrogen and oxygen atoms in total. The van der Waals surface area contributed by atoms with E-state index in [1.165, 1.54) is 89.9 Å². The van der Waals surface area contributed by atoms with Crippen LogP contribution in [0.5, 0.6) is 0 Å². The molecule has 0 saturated heterocycles. The van der Waals surface area contributed by atoms with Crippen molar-refractivity contribution in [1.29, 1.82) is 5.26 Å². The lowest BCUT2D eigenvalue weighted by atomic mass is 10.0. The second kappa shape index (κ2) is 19.0. The molecule has 23 heavy (non-hydrogen) atoms. The van der Waals surface area contributed by atoms with E-state index < -0.39 is 0 Å². The number of carbonyl (C=O) groups is 1. The van der Waals surface area contributed by atoms with Gasteiger partial charge in [-0.1, -0.05) is 103 Å². The van der Waals surface area contributed by atoms with E-state index >= 15 is 0 Å². The number of rotatable bonds is 17. The lowest BCUT2D eigenvalue weighted by molar-refractivity contribution is -0.120. The monoisotopic (exact) mass is 322 g/mol. The third-order valence-corrected chi connectivity index (χ3v) is 4.45. The molecule has 0 aliphatic carbocycles. The molecule has 0 aromatic heterocycles. The smallest absolute Gasteiger partial charge is 0.232 e. The number of hydrogen-bond acceptors (Lipinski definition) is 2. The van der Waals surface area contributed by atoms with Crippen molar-refractivity contribution in [1.82, 2.24) is 5.32 Å². The number of nitriles is 1. The molecule has 0 rings (SSSR count). The van der Waals surface area contributed by atoms with Gasteiger partial charge >= 0.3 is 0 Å². The zero-order valence-electron chi connectivity index (χ0n) is 15.4. The predicted molar refractivity (Wildman–Crippen MR) is 97.9 cm³/mol. The van der Waals surface area contributed by atoms with Crippen LogP contribution in [-0.2, 0) is 4.79 Å². The highest BCUT2D eigenvalue weighted by Crippen LogP contribution is 2.13. The number of unbranched alkanes of at least 4 members (excludes halogenated alkanes) is 15. The second-order valence-electron chi connectivity index (χ2n) is 6.71. The number of nitrogens with one attached hydrogen (secondary N) is 1. The summed E-state index contributed by atoms with van der Waals surface area (Å²) in [6, 6.07) is 0. The molecule has 0 aliphatic rings. The number of amides is 1. The summed E-state index contributed by atoms with van der Waals surface area (Å²) in [7, 11) is 0. The van der Waals surface area contributed by atoms with Gasteiger partial charge in [0.1, 0.15) is 0 Å². The quantitative estimate of drug-likeness (QED) is 0.196. The lowest BCUT2D eigenvalue weighted by Crippen LogP contribution is -2.16. The lowest BCUT2D eigenvalue weighted by Gasteiger charge is -2.03. The first kappa shape index (κ1) is 22.0. The van der Waals surface area contributed by atoms with Crippen LogP contribution in [0.25, 0.3) is 0 Å². The van der Waals surface area contributed by atoms with Crippen LogP contribution in [0.15, 0.2) is 0 Å². The summed E-state index contributed by atoms with van der Waals surface area (Å²) >= 11 is 0. The van der Waals surface area contributed by atoms with Gasteiger partial charge < -0.3 is 0 Å². The third-order valence-electron chi connectivity index (χ3n) is 4.45. The maximum atomic E-state index is 11.1. The van der Waals surface area contributed by atoms with Crippen LogP contribution in [-0.4, -0.2) is 5.91 Å². The Kier molecular flexibility index (Phi) is 18.1. The molecule has 134 valence electrons. The number of nitrogens with zero attached hydrogens (tertiary/aromatic N) is 1. The van der Waals surface area contributed by atoms with Gasteiger partial charge in [0.25, 0.3) is 0 Å². The molecule has 1 N–H and O–H groups in total. The van der Waals surface area contributed by atoms with Crippen LogP contribution in [0.4, 0.5) is 0 Å². The first-order valence-corrected chi connectivity index (χ1v) is 9.99. The SMILES string of the molecule is CCCCCCCCCCCCCCCCCCC(=O)NC#N. The fourth-order valence-electron chi connectivity index (χ4n) is 2.96. The molecule has 3 heteroatoms. The van der Waals surface area contributed by atoms with Gasteiger partial charge in [0, 0.05) is 6.42 Å². The number of carbonyl (C=O) groups excluding carboxylic acids is 1. The second-order valence-corrected chi connectivity index (χ2v) is 6.71. The zero-order valence-corrected chi connectivity index (χ0v) is 15.4. The van der Waals surface area contributed by atoms with Crippen molar-refractivity contribution in [2.45, 2.75) is 116 Å². The molecular formula is C20H38N2O. The fourth-order valence-corrected chi connectivity index (χ4v) is 2.96. The largest absolute Gasteiger partial charge is 0.274 e. The molecule has 0 spiro atoms. The molecule has 1 amide bonds. The van der Waals surface area contributed by atoms with Gasteiger partial charge in [0.15, 0.2) is 6.19 Å². The Balaban J connectivity index is 3.03. The minimum atomic E-state index is -0.141. The molecule has 0 aliphatic heterocycles. The van der Waals surface area contributed by atoms with Gasteiger partial charge in [-0.05, 0) is 6.42 Å². The van der Waals surface area contributed by atoms with Gasteiger partial charge in [-0.15, -0.1) is 0 Å². The molecule has 0 atom stereocenters. The Morgan fingerprint density at radius 2 is 1.04 bits per heavy atom. The molecule has 0 aromatic carbocycles. The Morgan fingerprint density at radius 3 is 1.39 bits per heavy atom. The van der Waals surface area contributed by atoms with Gasteiger partial charge in [-0.25, -0.2) is 0 Å². The highest BCUT2D eigenvalue weighted by Gasteiger charge is 1.99. The highest BCUT2D eigenvalue weighted by atomic mass is 16.1. The summed E-state index contributed by atoms with van der Waals surface area (Å²) in [5.41, 5.74) is 0. The molecular weight excluding hydrogens is 284 g/mol. The average Bonchev–Trinajstić information content (AvgIpc) is 2.54. The van der Waals surface area contributed by atoms with Gasteiger partial charge in [-0.3, -0.25) is 10.1 Å². The normalized spacial score (nSPS) is 10.4. The minimum Gasteiger partial charge on any atom is -0.274 e. The van der Waals surface area contributed by atoms with Gasteiger partial charge in [-0.2, -0.15) is 5.26 Å². The Bertz CT molecular complexity index is 297. The molecule has 0 aromatic rings. The number of hydrogen-bond donors (Lipinski definition) is 1. The topological polar surface area (TPSA) is 52.9 Å². The van der Waals surface area contributed by atoms with Crippen molar-refractivity contribution < 1.29 is 4.79 Å². The fraction of sp³-hybridized carbons (Fsp3) is 0.900. The standard InChI is InChI=1S/C20H38N2O/c1-2-3-4-5-6-7-8-9-10-11-12-13-14-15-16-17-18-20(23)22-19-21/h2-18H2,1H3,(H,22,23). The Labute approximate surface area is 144 Å². The van der Waals surface area contributed by atoms with E-state index in [0.717, 1.165) is 12.8 Å². The maximum Gasteiger partial charge on any atom is 0.232 e.